The number of rotatable bonds is 2. The second-order valence-corrected chi connectivity index (χ2v) is 8.04. The average Bonchev–Trinajstić information content (AvgIpc) is 3.11. The Kier molecular flexibility index (Phi) is 4.50. The van der Waals surface area contributed by atoms with E-state index < -0.39 is 0 Å². The molecule has 0 saturated heterocycles. The molecule has 3 aromatic carbocycles. The van der Waals surface area contributed by atoms with Gasteiger partial charge in [-0.25, -0.2) is 4.99 Å². The number of nitrogens with zero attached hydrogens (tertiary/aromatic N) is 1. The predicted octanol–water partition coefficient (Wildman–Crippen LogP) is 6.14. The zero-order valence-electron chi connectivity index (χ0n) is 15.1. The standard InChI is InChI=1S/C23H19Cl2N3/c24-15-10-12-21-18(13-15)22(17-7-3-4-8-19(17)25)28-23(27-21)26-20-11-9-14-5-1-2-6-16(14)20/h1-8,10,12-13,20,22H,9,11H2,(H2,26,27,28)/t20?,22-/m0/s1. The number of nitrogens with one attached hydrogen (secondary N) is 2. The number of anilines is 1. The molecule has 1 aliphatic heterocycles. The highest BCUT2D eigenvalue weighted by Gasteiger charge is 2.28. The molecule has 0 fully saturated rings. The van der Waals surface area contributed by atoms with Crippen molar-refractivity contribution in [1.29, 1.82) is 0 Å². The molecular weight excluding hydrogens is 389 g/mol. The molecule has 28 heavy (non-hydrogen) atoms. The lowest BCUT2D eigenvalue weighted by Crippen LogP contribution is -2.36. The molecule has 0 bridgehead atoms. The maximum absolute atomic E-state index is 6.51. The third-order valence-electron chi connectivity index (χ3n) is 5.46. The van der Waals surface area contributed by atoms with E-state index in [1.54, 1.807) is 0 Å². The van der Waals surface area contributed by atoms with Gasteiger partial charge in [-0.15, -0.1) is 0 Å². The first-order valence-electron chi connectivity index (χ1n) is 9.42. The van der Waals surface area contributed by atoms with Crippen LogP contribution in [0.5, 0.6) is 0 Å². The fourth-order valence-corrected chi connectivity index (χ4v) is 4.53. The highest BCUT2D eigenvalue weighted by atomic mass is 35.5. The Hall–Kier alpha value is -2.49. The minimum absolute atomic E-state index is 0.206. The van der Waals surface area contributed by atoms with Gasteiger partial charge in [0.1, 0.15) is 6.04 Å². The fraction of sp³-hybridized carbons (Fsp3) is 0.174. The number of hydrogen-bond donors (Lipinski definition) is 2. The maximum atomic E-state index is 6.51. The molecule has 5 heteroatoms. The number of hydrogen-bond acceptors (Lipinski definition) is 3. The van der Waals surface area contributed by atoms with Gasteiger partial charge in [0.15, 0.2) is 5.96 Å². The fourth-order valence-electron chi connectivity index (χ4n) is 4.11. The van der Waals surface area contributed by atoms with E-state index in [1.807, 2.05) is 42.5 Å². The van der Waals surface area contributed by atoms with Crippen molar-refractivity contribution in [2.75, 3.05) is 5.32 Å². The molecule has 1 heterocycles. The quantitative estimate of drug-likeness (QED) is 0.534. The van der Waals surface area contributed by atoms with E-state index in [2.05, 4.69) is 34.9 Å². The Labute approximate surface area is 174 Å². The van der Waals surface area contributed by atoms with Crippen LogP contribution in [0.25, 0.3) is 0 Å². The van der Waals surface area contributed by atoms with Crippen LogP contribution in [-0.2, 0) is 6.42 Å². The molecule has 2 aliphatic rings. The molecule has 1 aliphatic carbocycles. The Morgan fingerprint density at radius 1 is 0.893 bits per heavy atom. The predicted molar refractivity (Wildman–Crippen MR) is 116 cm³/mol. The number of aryl methyl sites for hydroxylation is 1. The number of aliphatic imine (C=N–C) groups is 1. The highest BCUT2D eigenvalue weighted by Crippen LogP contribution is 2.39. The van der Waals surface area contributed by atoms with Gasteiger partial charge in [0.2, 0.25) is 0 Å². The lowest BCUT2D eigenvalue weighted by Gasteiger charge is -2.28. The molecule has 2 atom stereocenters. The molecule has 3 nitrogen and oxygen atoms in total. The normalized spacial score (nSPS) is 20.0. The molecule has 3 aromatic rings. The van der Waals surface area contributed by atoms with Gasteiger partial charge in [-0.1, -0.05) is 65.7 Å². The van der Waals surface area contributed by atoms with Crippen LogP contribution in [-0.4, -0.2) is 5.96 Å². The molecule has 1 unspecified atom stereocenters. The molecule has 0 radical (unpaired) electrons. The summed E-state index contributed by atoms with van der Waals surface area (Å²) in [5, 5.41) is 8.44. The van der Waals surface area contributed by atoms with Crippen LogP contribution in [0.2, 0.25) is 10.0 Å². The van der Waals surface area contributed by atoms with Gasteiger partial charge in [0, 0.05) is 21.3 Å². The monoisotopic (exact) mass is 407 g/mol. The van der Waals surface area contributed by atoms with Crippen LogP contribution in [0, 0.1) is 0 Å². The van der Waals surface area contributed by atoms with Gasteiger partial charge >= 0.3 is 0 Å². The first-order valence-corrected chi connectivity index (χ1v) is 10.2. The largest absolute Gasteiger partial charge is 0.349 e. The van der Waals surface area contributed by atoms with Gasteiger partial charge in [-0.05, 0) is 53.8 Å². The summed E-state index contributed by atoms with van der Waals surface area (Å²) in [5.74, 6) is 0.765. The molecule has 0 amide bonds. The summed E-state index contributed by atoms with van der Waals surface area (Å²) in [6.07, 6.45) is 2.14. The number of halogens is 2. The summed E-state index contributed by atoms with van der Waals surface area (Å²) in [6.45, 7) is 0. The third kappa shape index (κ3) is 3.15. The molecule has 140 valence electrons. The van der Waals surface area contributed by atoms with Gasteiger partial charge < -0.3 is 10.6 Å². The first kappa shape index (κ1) is 17.6. The van der Waals surface area contributed by atoms with Crippen molar-refractivity contribution >= 4 is 34.8 Å². The van der Waals surface area contributed by atoms with E-state index >= 15 is 0 Å². The molecule has 0 spiro atoms. The minimum Gasteiger partial charge on any atom is -0.349 e. The maximum Gasteiger partial charge on any atom is 0.197 e. The van der Waals surface area contributed by atoms with Crippen LogP contribution in [0.4, 0.5) is 5.69 Å². The lowest BCUT2D eigenvalue weighted by molar-refractivity contribution is 0.633. The summed E-state index contributed by atoms with van der Waals surface area (Å²) in [6, 6.07) is 22.4. The Bertz CT molecular complexity index is 1080. The zero-order chi connectivity index (χ0) is 19.1. The summed E-state index contributed by atoms with van der Waals surface area (Å²) in [7, 11) is 0. The summed E-state index contributed by atoms with van der Waals surface area (Å²) in [4.78, 5) is 4.98. The van der Waals surface area contributed by atoms with Crippen molar-refractivity contribution in [2.45, 2.75) is 24.9 Å². The van der Waals surface area contributed by atoms with Crippen molar-refractivity contribution in [3.8, 4) is 0 Å². The van der Waals surface area contributed by atoms with E-state index in [1.165, 1.54) is 11.1 Å². The van der Waals surface area contributed by atoms with Gasteiger partial charge in [-0.3, -0.25) is 0 Å². The van der Waals surface area contributed by atoms with Crippen LogP contribution in [0.3, 0.4) is 0 Å². The van der Waals surface area contributed by atoms with E-state index in [0.29, 0.717) is 10.0 Å². The summed E-state index contributed by atoms with van der Waals surface area (Å²) in [5.41, 5.74) is 5.76. The van der Waals surface area contributed by atoms with Gasteiger partial charge in [-0.2, -0.15) is 0 Å². The van der Waals surface area contributed by atoms with Crippen LogP contribution in [0.1, 0.15) is 40.8 Å². The molecule has 2 N–H and O–H groups in total. The van der Waals surface area contributed by atoms with E-state index in [9.17, 15) is 0 Å². The van der Waals surface area contributed by atoms with E-state index in [0.717, 1.165) is 35.6 Å². The second-order valence-electron chi connectivity index (χ2n) is 7.19. The van der Waals surface area contributed by atoms with Gasteiger partial charge in [0.25, 0.3) is 0 Å². The highest BCUT2D eigenvalue weighted by molar-refractivity contribution is 6.31. The number of fused-ring (bicyclic) bond motifs is 2. The lowest BCUT2D eigenvalue weighted by atomic mass is 9.96. The molecule has 5 rings (SSSR count). The molecule has 0 aromatic heterocycles. The minimum atomic E-state index is -0.206. The van der Waals surface area contributed by atoms with Crippen molar-refractivity contribution < 1.29 is 0 Å². The smallest absolute Gasteiger partial charge is 0.197 e. The number of benzene rings is 3. The summed E-state index contributed by atoms with van der Waals surface area (Å²) >= 11 is 12.8. The van der Waals surface area contributed by atoms with E-state index in [-0.39, 0.29) is 12.1 Å². The summed E-state index contributed by atoms with van der Waals surface area (Å²) < 4.78 is 0. The molecular formula is C23H19Cl2N3. The van der Waals surface area contributed by atoms with Crippen molar-refractivity contribution in [2.24, 2.45) is 4.99 Å². The third-order valence-corrected chi connectivity index (χ3v) is 6.04. The van der Waals surface area contributed by atoms with Crippen molar-refractivity contribution in [1.82, 2.24) is 5.32 Å². The van der Waals surface area contributed by atoms with Crippen LogP contribution in [0.15, 0.2) is 71.7 Å². The van der Waals surface area contributed by atoms with Gasteiger partial charge in [0.05, 0.1) is 6.04 Å². The average molecular weight is 408 g/mol. The SMILES string of the molecule is Clc1ccc2c(c1)[C@H](c1ccccc1Cl)N=C(NC1CCc3ccccc31)N2. The Morgan fingerprint density at radius 3 is 2.54 bits per heavy atom. The van der Waals surface area contributed by atoms with Crippen molar-refractivity contribution in [3.63, 3.8) is 0 Å². The Balaban J connectivity index is 1.53. The van der Waals surface area contributed by atoms with E-state index in [4.69, 9.17) is 28.2 Å². The van der Waals surface area contributed by atoms with Crippen LogP contribution < -0.4 is 10.6 Å². The van der Waals surface area contributed by atoms with Crippen LogP contribution >= 0.6 is 23.2 Å². The Morgan fingerprint density at radius 2 is 1.68 bits per heavy atom. The second kappa shape index (κ2) is 7.16. The number of guanidine groups is 1. The zero-order valence-corrected chi connectivity index (χ0v) is 16.6. The topological polar surface area (TPSA) is 36.4 Å². The van der Waals surface area contributed by atoms with Crippen molar-refractivity contribution in [3.05, 3.63) is 99.0 Å². The molecule has 0 saturated carbocycles. The first-order chi connectivity index (χ1) is 13.7.